The van der Waals surface area contributed by atoms with Crippen molar-refractivity contribution >= 4 is 17.2 Å². The summed E-state index contributed by atoms with van der Waals surface area (Å²) in [5.74, 6) is 0.0823. The van der Waals surface area contributed by atoms with Gasteiger partial charge in [0, 0.05) is 24.9 Å². The molecule has 1 amide bonds. The van der Waals surface area contributed by atoms with Crippen LogP contribution in [0.5, 0.6) is 0 Å². The molecule has 5 heteroatoms. The van der Waals surface area contributed by atoms with Crippen LogP contribution in [0.3, 0.4) is 0 Å². The number of piperidine rings is 1. The molecule has 1 fully saturated rings. The summed E-state index contributed by atoms with van der Waals surface area (Å²) < 4.78 is 0. The zero-order valence-electron chi connectivity index (χ0n) is 11.8. The molecule has 0 radical (unpaired) electrons. The lowest BCUT2D eigenvalue weighted by Crippen LogP contribution is -2.44. The molecule has 0 bridgehead atoms. The van der Waals surface area contributed by atoms with E-state index in [0.717, 1.165) is 37.4 Å². The molecule has 1 saturated heterocycles. The zero-order valence-corrected chi connectivity index (χ0v) is 12.6. The highest BCUT2D eigenvalue weighted by Gasteiger charge is 2.32. The van der Waals surface area contributed by atoms with Crippen molar-refractivity contribution in [3.8, 4) is 0 Å². The summed E-state index contributed by atoms with van der Waals surface area (Å²) in [7, 11) is 0. The Morgan fingerprint density at radius 2 is 2.42 bits per heavy atom. The third-order valence-corrected chi connectivity index (χ3v) is 4.96. The molecule has 1 aliphatic rings. The fourth-order valence-electron chi connectivity index (χ4n) is 2.59. The van der Waals surface area contributed by atoms with Crippen LogP contribution in [0, 0.1) is 5.41 Å². The van der Waals surface area contributed by atoms with Crippen LogP contribution < -0.4 is 5.73 Å². The Morgan fingerprint density at radius 3 is 3.11 bits per heavy atom. The van der Waals surface area contributed by atoms with Gasteiger partial charge in [-0.25, -0.2) is 4.98 Å². The normalized spacial score (nSPS) is 23.6. The zero-order chi connectivity index (χ0) is 13.9. The summed E-state index contributed by atoms with van der Waals surface area (Å²) in [6, 6.07) is 0. The van der Waals surface area contributed by atoms with Crippen molar-refractivity contribution < 1.29 is 4.79 Å². The van der Waals surface area contributed by atoms with E-state index >= 15 is 0 Å². The van der Waals surface area contributed by atoms with E-state index in [-0.39, 0.29) is 11.3 Å². The maximum absolute atomic E-state index is 12.5. The van der Waals surface area contributed by atoms with E-state index < -0.39 is 0 Å². The summed E-state index contributed by atoms with van der Waals surface area (Å²) >= 11 is 1.53. The van der Waals surface area contributed by atoms with Gasteiger partial charge >= 0.3 is 0 Å². The van der Waals surface area contributed by atoms with E-state index in [0.29, 0.717) is 12.2 Å². The van der Waals surface area contributed by atoms with Crippen LogP contribution in [0.25, 0.3) is 0 Å². The summed E-state index contributed by atoms with van der Waals surface area (Å²) in [5.41, 5.74) is 6.37. The van der Waals surface area contributed by atoms with E-state index in [4.69, 9.17) is 5.73 Å². The number of rotatable bonds is 4. The fraction of sp³-hybridized carbons (Fsp3) is 0.714. The van der Waals surface area contributed by atoms with E-state index in [1.807, 2.05) is 10.3 Å². The molecule has 2 rings (SSSR count). The van der Waals surface area contributed by atoms with Crippen molar-refractivity contribution in [1.82, 2.24) is 9.88 Å². The maximum Gasteiger partial charge on any atom is 0.273 e. The number of hydrogen-bond acceptors (Lipinski definition) is 4. The molecule has 2 N–H and O–H groups in total. The Hall–Kier alpha value is -0.940. The summed E-state index contributed by atoms with van der Waals surface area (Å²) in [6.07, 6.45) is 4.18. The van der Waals surface area contributed by atoms with Crippen molar-refractivity contribution in [2.45, 2.75) is 39.5 Å². The van der Waals surface area contributed by atoms with Crippen molar-refractivity contribution in [3.63, 3.8) is 0 Å². The van der Waals surface area contributed by atoms with E-state index in [9.17, 15) is 4.79 Å². The highest BCUT2D eigenvalue weighted by atomic mass is 32.1. The van der Waals surface area contributed by atoms with Gasteiger partial charge in [0.25, 0.3) is 5.91 Å². The first kappa shape index (κ1) is 14.5. The molecule has 0 saturated carbocycles. The Bertz CT molecular complexity index is 446. The highest BCUT2D eigenvalue weighted by Crippen LogP contribution is 2.33. The molecule has 1 aromatic rings. The quantitative estimate of drug-likeness (QED) is 0.921. The first-order valence-electron chi connectivity index (χ1n) is 7.02. The number of carbonyl (C=O) groups excluding carboxylic acids is 1. The topological polar surface area (TPSA) is 59.2 Å². The SMILES string of the molecule is CCC1(C)CCCN(C(=O)c2csc(CCN)n2)C1. The minimum Gasteiger partial charge on any atom is -0.337 e. The predicted molar refractivity (Wildman–Crippen MR) is 78.4 cm³/mol. The van der Waals surface area contributed by atoms with Crippen molar-refractivity contribution in [2.75, 3.05) is 19.6 Å². The third-order valence-electron chi connectivity index (χ3n) is 4.05. The van der Waals surface area contributed by atoms with Crippen molar-refractivity contribution in [1.29, 1.82) is 0 Å². The van der Waals surface area contributed by atoms with Crippen LogP contribution in [0.1, 0.15) is 48.6 Å². The second-order valence-corrected chi connectivity index (χ2v) is 6.60. The van der Waals surface area contributed by atoms with Crippen LogP contribution in [0.2, 0.25) is 0 Å². The van der Waals surface area contributed by atoms with Gasteiger partial charge < -0.3 is 10.6 Å². The van der Waals surface area contributed by atoms with Crippen molar-refractivity contribution in [3.05, 3.63) is 16.1 Å². The monoisotopic (exact) mass is 281 g/mol. The van der Waals surface area contributed by atoms with Crippen LogP contribution in [-0.4, -0.2) is 35.4 Å². The smallest absolute Gasteiger partial charge is 0.273 e. The standard InChI is InChI=1S/C14H23N3OS/c1-3-14(2)6-4-8-17(10-14)13(18)11-9-19-12(16-11)5-7-15/h9H,3-8,10,15H2,1-2H3. The molecule has 106 valence electrons. The summed E-state index contributed by atoms with van der Waals surface area (Å²) in [5, 5.41) is 2.83. The molecule has 2 heterocycles. The minimum atomic E-state index is 0.0823. The van der Waals surface area contributed by atoms with Crippen LogP contribution in [-0.2, 0) is 6.42 Å². The second kappa shape index (κ2) is 6.01. The molecule has 0 spiro atoms. The lowest BCUT2D eigenvalue weighted by molar-refractivity contribution is 0.0538. The number of carbonyl (C=O) groups is 1. The first-order valence-corrected chi connectivity index (χ1v) is 7.90. The number of nitrogens with two attached hydrogens (primary N) is 1. The van der Waals surface area contributed by atoms with Gasteiger partial charge in [-0.1, -0.05) is 13.8 Å². The lowest BCUT2D eigenvalue weighted by Gasteiger charge is -2.39. The number of thiazole rings is 1. The predicted octanol–water partition coefficient (Wildman–Crippen LogP) is 2.30. The van der Waals surface area contributed by atoms with Gasteiger partial charge in [-0.3, -0.25) is 4.79 Å². The van der Waals surface area contributed by atoms with Gasteiger partial charge in [-0.05, 0) is 31.2 Å². The van der Waals surface area contributed by atoms with Gasteiger partial charge in [-0.15, -0.1) is 11.3 Å². The second-order valence-electron chi connectivity index (χ2n) is 5.66. The van der Waals surface area contributed by atoms with Crippen LogP contribution in [0.4, 0.5) is 0 Å². The van der Waals surface area contributed by atoms with Crippen LogP contribution in [0.15, 0.2) is 5.38 Å². The maximum atomic E-state index is 12.5. The molecule has 1 atom stereocenters. The lowest BCUT2D eigenvalue weighted by atomic mass is 9.79. The average Bonchev–Trinajstić information content (AvgIpc) is 2.87. The molecular formula is C14H23N3OS. The number of nitrogens with zero attached hydrogens (tertiary/aromatic N) is 2. The number of likely N-dealkylation sites (tertiary alicyclic amines) is 1. The van der Waals surface area contributed by atoms with Gasteiger partial charge in [0.15, 0.2) is 0 Å². The molecule has 1 aliphatic heterocycles. The molecule has 0 aliphatic carbocycles. The third kappa shape index (κ3) is 3.34. The molecule has 19 heavy (non-hydrogen) atoms. The summed E-state index contributed by atoms with van der Waals surface area (Å²) in [6.45, 7) is 6.77. The van der Waals surface area contributed by atoms with Gasteiger partial charge in [0.05, 0.1) is 5.01 Å². The average molecular weight is 281 g/mol. The number of hydrogen-bond donors (Lipinski definition) is 1. The van der Waals surface area contributed by atoms with E-state index in [1.54, 1.807) is 0 Å². The van der Waals surface area contributed by atoms with Crippen molar-refractivity contribution in [2.24, 2.45) is 11.1 Å². The number of aromatic nitrogens is 1. The minimum absolute atomic E-state index is 0.0823. The highest BCUT2D eigenvalue weighted by molar-refractivity contribution is 7.09. The van der Waals surface area contributed by atoms with Gasteiger partial charge in [0.2, 0.25) is 0 Å². The Labute approximate surface area is 119 Å². The largest absolute Gasteiger partial charge is 0.337 e. The molecule has 1 unspecified atom stereocenters. The molecule has 4 nitrogen and oxygen atoms in total. The fourth-order valence-corrected chi connectivity index (χ4v) is 3.37. The molecule has 1 aromatic heterocycles. The number of amides is 1. The van der Waals surface area contributed by atoms with Gasteiger partial charge in [0.1, 0.15) is 5.69 Å². The first-order chi connectivity index (χ1) is 9.08. The Balaban J connectivity index is 2.06. The van der Waals surface area contributed by atoms with Gasteiger partial charge in [-0.2, -0.15) is 0 Å². The van der Waals surface area contributed by atoms with Crippen LogP contribution >= 0.6 is 11.3 Å². The van der Waals surface area contributed by atoms with E-state index in [1.165, 1.54) is 17.8 Å². The molecular weight excluding hydrogens is 258 g/mol. The van der Waals surface area contributed by atoms with E-state index in [2.05, 4.69) is 18.8 Å². The Kier molecular flexibility index (Phi) is 4.58. The Morgan fingerprint density at radius 1 is 1.63 bits per heavy atom. The summed E-state index contributed by atoms with van der Waals surface area (Å²) in [4.78, 5) is 18.8. The molecule has 0 aromatic carbocycles.